The molecule has 7 heteroatoms. The Morgan fingerprint density at radius 2 is 1.80 bits per heavy atom. The van der Waals surface area contributed by atoms with Crippen LogP contribution in [0.3, 0.4) is 0 Å². The van der Waals surface area contributed by atoms with E-state index in [0.29, 0.717) is 31.1 Å². The highest BCUT2D eigenvalue weighted by molar-refractivity contribution is 5.38. The molecule has 0 spiro atoms. The lowest BCUT2D eigenvalue weighted by Crippen LogP contribution is -2.12. The van der Waals surface area contributed by atoms with Crippen molar-refractivity contribution in [2.24, 2.45) is 5.73 Å². The minimum absolute atomic E-state index is 0.0240. The minimum Gasteiger partial charge on any atom is -0.491 e. The zero-order chi connectivity index (χ0) is 15.0. The number of ether oxygens (including phenoxy) is 3. The zero-order valence-corrected chi connectivity index (χ0v) is 11.2. The molecule has 0 amide bonds. The minimum atomic E-state index is -4.38. The molecule has 0 bridgehead atoms. The van der Waals surface area contributed by atoms with Crippen molar-refractivity contribution in [1.29, 1.82) is 0 Å². The molecule has 1 aromatic carbocycles. The first kappa shape index (κ1) is 16.7. The van der Waals surface area contributed by atoms with Crippen LogP contribution >= 0.6 is 0 Å². The number of alkyl halides is 3. The van der Waals surface area contributed by atoms with Gasteiger partial charge in [0, 0.05) is 19.2 Å². The van der Waals surface area contributed by atoms with Crippen molar-refractivity contribution in [2.45, 2.75) is 12.7 Å². The van der Waals surface area contributed by atoms with Crippen molar-refractivity contribution >= 4 is 0 Å². The quantitative estimate of drug-likeness (QED) is 0.747. The van der Waals surface area contributed by atoms with Crippen LogP contribution in [0.5, 0.6) is 5.75 Å². The Bertz CT molecular complexity index is 410. The average molecular weight is 293 g/mol. The van der Waals surface area contributed by atoms with Crippen molar-refractivity contribution in [1.82, 2.24) is 0 Å². The number of nitrogens with two attached hydrogens (primary N) is 1. The van der Waals surface area contributed by atoms with Crippen LogP contribution in [0.1, 0.15) is 11.1 Å². The molecule has 114 valence electrons. The lowest BCUT2D eigenvalue weighted by atomic mass is 10.1. The second-order valence-electron chi connectivity index (χ2n) is 3.98. The molecule has 20 heavy (non-hydrogen) atoms. The number of hydrogen-bond acceptors (Lipinski definition) is 4. The summed E-state index contributed by atoms with van der Waals surface area (Å²) < 4.78 is 53.0. The number of halogens is 3. The van der Waals surface area contributed by atoms with Gasteiger partial charge in [-0.3, -0.25) is 0 Å². The van der Waals surface area contributed by atoms with E-state index in [-0.39, 0.29) is 13.2 Å². The summed E-state index contributed by atoms with van der Waals surface area (Å²) in [5, 5.41) is 0. The van der Waals surface area contributed by atoms with Crippen LogP contribution in [0.15, 0.2) is 18.2 Å². The third-order valence-corrected chi connectivity index (χ3v) is 2.52. The van der Waals surface area contributed by atoms with Gasteiger partial charge in [-0.15, -0.1) is 0 Å². The maximum absolute atomic E-state index is 12.5. The molecule has 4 nitrogen and oxygen atoms in total. The van der Waals surface area contributed by atoms with Crippen LogP contribution in [0.25, 0.3) is 0 Å². The van der Waals surface area contributed by atoms with E-state index in [9.17, 15) is 13.2 Å². The molecule has 0 heterocycles. The van der Waals surface area contributed by atoms with E-state index in [1.165, 1.54) is 6.07 Å². The lowest BCUT2D eigenvalue weighted by molar-refractivity contribution is -0.137. The third-order valence-electron chi connectivity index (χ3n) is 2.52. The molecule has 0 unspecified atom stereocenters. The van der Waals surface area contributed by atoms with Crippen LogP contribution < -0.4 is 10.5 Å². The van der Waals surface area contributed by atoms with E-state index in [2.05, 4.69) is 0 Å². The summed E-state index contributed by atoms with van der Waals surface area (Å²) in [5.41, 5.74) is 5.02. The molecule has 0 saturated heterocycles. The molecule has 0 radical (unpaired) electrons. The SMILES string of the molecule is COCCOCCOc1ccc(C(F)(F)F)cc1CN. The van der Waals surface area contributed by atoms with Crippen molar-refractivity contribution < 1.29 is 27.4 Å². The Morgan fingerprint density at radius 1 is 1.10 bits per heavy atom. The van der Waals surface area contributed by atoms with Gasteiger partial charge in [0.15, 0.2) is 0 Å². The fraction of sp³-hybridized carbons (Fsp3) is 0.538. The average Bonchev–Trinajstić information content (AvgIpc) is 2.41. The molecule has 0 atom stereocenters. The monoisotopic (exact) mass is 293 g/mol. The highest BCUT2D eigenvalue weighted by Gasteiger charge is 2.30. The van der Waals surface area contributed by atoms with E-state index < -0.39 is 11.7 Å². The molecule has 0 aliphatic rings. The second-order valence-corrected chi connectivity index (χ2v) is 3.98. The first-order valence-corrected chi connectivity index (χ1v) is 6.08. The molecule has 0 aliphatic heterocycles. The van der Waals surface area contributed by atoms with Gasteiger partial charge in [0.05, 0.1) is 25.4 Å². The predicted octanol–water partition coefficient (Wildman–Crippen LogP) is 2.21. The molecule has 0 fully saturated rings. The molecule has 1 aromatic rings. The summed E-state index contributed by atoms with van der Waals surface area (Å²) in [6.07, 6.45) is -4.38. The van der Waals surface area contributed by atoms with Gasteiger partial charge in [0.1, 0.15) is 12.4 Å². The van der Waals surface area contributed by atoms with Gasteiger partial charge >= 0.3 is 6.18 Å². The molecular formula is C13H18F3NO3. The van der Waals surface area contributed by atoms with Crippen molar-refractivity contribution in [3.05, 3.63) is 29.3 Å². The van der Waals surface area contributed by atoms with Crippen molar-refractivity contribution in [2.75, 3.05) is 33.5 Å². The van der Waals surface area contributed by atoms with Gasteiger partial charge < -0.3 is 19.9 Å². The molecule has 0 saturated carbocycles. The van der Waals surface area contributed by atoms with E-state index in [1.807, 2.05) is 0 Å². The van der Waals surface area contributed by atoms with Crippen LogP contribution in [0.2, 0.25) is 0 Å². The van der Waals surface area contributed by atoms with E-state index in [4.69, 9.17) is 19.9 Å². The zero-order valence-electron chi connectivity index (χ0n) is 11.2. The van der Waals surface area contributed by atoms with Gasteiger partial charge in [-0.2, -0.15) is 13.2 Å². The standard InChI is InChI=1S/C13H18F3NO3/c1-18-4-5-19-6-7-20-12-3-2-11(13(14,15)16)8-10(12)9-17/h2-3,8H,4-7,9,17H2,1H3. The Labute approximate surface area is 115 Å². The fourth-order valence-electron chi connectivity index (χ4n) is 1.51. The van der Waals surface area contributed by atoms with Gasteiger partial charge in [0.2, 0.25) is 0 Å². The van der Waals surface area contributed by atoms with E-state index in [0.717, 1.165) is 12.1 Å². The summed E-state index contributed by atoms with van der Waals surface area (Å²) in [6.45, 7) is 1.46. The fourth-order valence-corrected chi connectivity index (χ4v) is 1.51. The number of hydrogen-bond donors (Lipinski definition) is 1. The number of benzene rings is 1. The van der Waals surface area contributed by atoms with Crippen molar-refractivity contribution in [3.8, 4) is 5.75 Å². The van der Waals surface area contributed by atoms with Gasteiger partial charge in [0.25, 0.3) is 0 Å². The predicted molar refractivity (Wildman–Crippen MR) is 67.5 cm³/mol. The van der Waals surface area contributed by atoms with Crippen LogP contribution in [-0.2, 0) is 22.2 Å². The number of methoxy groups -OCH3 is 1. The molecule has 2 N–H and O–H groups in total. The smallest absolute Gasteiger partial charge is 0.416 e. The Morgan fingerprint density at radius 3 is 2.40 bits per heavy atom. The van der Waals surface area contributed by atoms with Crippen molar-refractivity contribution in [3.63, 3.8) is 0 Å². The molecule has 0 aliphatic carbocycles. The maximum Gasteiger partial charge on any atom is 0.416 e. The number of rotatable bonds is 8. The van der Waals surface area contributed by atoms with Gasteiger partial charge in [-0.1, -0.05) is 0 Å². The topological polar surface area (TPSA) is 53.7 Å². The van der Waals surface area contributed by atoms with Gasteiger partial charge in [-0.05, 0) is 18.2 Å². The summed E-state index contributed by atoms with van der Waals surface area (Å²) in [6, 6.07) is 3.25. The first-order valence-electron chi connectivity index (χ1n) is 6.08. The Balaban J connectivity index is 2.53. The van der Waals surface area contributed by atoms with E-state index >= 15 is 0 Å². The first-order chi connectivity index (χ1) is 9.49. The summed E-state index contributed by atoms with van der Waals surface area (Å²) >= 11 is 0. The van der Waals surface area contributed by atoms with E-state index in [1.54, 1.807) is 7.11 Å². The normalized spacial score (nSPS) is 11.7. The molecule has 0 aromatic heterocycles. The maximum atomic E-state index is 12.5. The highest BCUT2D eigenvalue weighted by atomic mass is 19.4. The third kappa shape index (κ3) is 5.36. The Kier molecular flexibility index (Phi) is 6.77. The second kappa shape index (κ2) is 8.08. The van der Waals surface area contributed by atoms with Gasteiger partial charge in [-0.25, -0.2) is 0 Å². The molecule has 1 rings (SSSR count). The van der Waals surface area contributed by atoms with Crippen LogP contribution in [-0.4, -0.2) is 33.5 Å². The Hall–Kier alpha value is -1.31. The largest absolute Gasteiger partial charge is 0.491 e. The summed E-state index contributed by atoms with van der Waals surface area (Å²) in [7, 11) is 1.57. The summed E-state index contributed by atoms with van der Waals surface area (Å²) in [5.74, 6) is 0.343. The highest BCUT2D eigenvalue weighted by Crippen LogP contribution is 2.32. The van der Waals surface area contributed by atoms with Crippen LogP contribution in [0, 0.1) is 0 Å². The summed E-state index contributed by atoms with van der Waals surface area (Å²) in [4.78, 5) is 0. The van der Waals surface area contributed by atoms with Crippen LogP contribution in [0.4, 0.5) is 13.2 Å². The molecular weight excluding hydrogens is 275 g/mol. The lowest BCUT2D eigenvalue weighted by Gasteiger charge is -2.13.